The van der Waals surface area contributed by atoms with Gasteiger partial charge in [-0.2, -0.15) is 0 Å². The number of ketones is 1. The van der Waals surface area contributed by atoms with Gasteiger partial charge in [0.15, 0.2) is 17.0 Å². The Bertz CT molecular complexity index is 1890. The highest BCUT2D eigenvalue weighted by Crippen LogP contribution is 2.58. The Morgan fingerprint density at radius 1 is 0.913 bits per heavy atom. The van der Waals surface area contributed by atoms with Crippen molar-refractivity contribution in [3.8, 4) is 17.2 Å². The molecule has 1 unspecified atom stereocenters. The van der Waals surface area contributed by atoms with Gasteiger partial charge in [0, 0.05) is 16.7 Å². The second-order valence-electron chi connectivity index (χ2n) is 11.8. The highest BCUT2D eigenvalue weighted by molar-refractivity contribution is 6.56. The molecule has 11 heteroatoms. The minimum atomic E-state index is -2.57. The Balaban J connectivity index is 1.80. The summed E-state index contributed by atoms with van der Waals surface area (Å²) < 4.78 is 11.7. The number of nitrogens with zero attached hydrogens (tertiary/aromatic N) is 2. The van der Waals surface area contributed by atoms with Gasteiger partial charge in [-0.15, -0.1) is 0 Å². The van der Waals surface area contributed by atoms with Crippen LogP contribution in [0.2, 0.25) is 0 Å². The molecule has 0 bridgehead atoms. The Morgan fingerprint density at radius 2 is 1.52 bits per heavy atom. The number of primary amides is 1. The standard InChI is InChI=1S/C35H33N3O8/c1-5-45-24-16-20-18-34(3,4)38-28(21(20)17-25(24)46-6-2)26(31(36)42)35(33(38)44)27(29(40)19-12-8-7-9-13-19)30(41)32(43)37(35)22-14-10-11-15-23(22)39/h7-17,39-40H,5-6,18H2,1-4H3,(H2,36,42)/b29-27-. The van der Waals surface area contributed by atoms with Crippen LogP contribution in [0.4, 0.5) is 5.69 Å². The number of ether oxygens (including phenoxy) is 2. The van der Waals surface area contributed by atoms with Crippen LogP contribution >= 0.6 is 0 Å². The number of Topliss-reactive ketones (excluding diaryl/α,β-unsaturated/α-hetero) is 1. The number of hydrogen-bond donors (Lipinski definition) is 3. The smallest absolute Gasteiger partial charge is 0.300 e. The zero-order valence-corrected chi connectivity index (χ0v) is 25.8. The first-order valence-corrected chi connectivity index (χ1v) is 14.9. The van der Waals surface area contributed by atoms with Crippen LogP contribution in [0, 0.1) is 0 Å². The van der Waals surface area contributed by atoms with Crippen LogP contribution in [-0.4, -0.2) is 62.9 Å². The third kappa shape index (κ3) is 4.11. The lowest BCUT2D eigenvalue weighted by molar-refractivity contribution is -0.135. The molecule has 3 aliphatic heterocycles. The summed E-state index contributed by atoms with van der Waals surface area (Å²) >= 11 is 0. The lowest BCUT2D eigenvalue weighted by atomic mass is 9.79. The molecule has 236 valence electrons. The van der Waals surface area contributed by atoms with Crippen molar-refractivity contribution >= 4 is 40.6 Å². The maximum absolute atomic E-state index is 15.3. The fraction of sp³-hybridized carbons (Fsp3) is 0.257. The lowest BCUT2D eigenvalue weighted by Crippen LogP contribution is -2.60. The van der Waals surface area contributed by atoms with Crippen LogP contribution in [0.25, 0.3) is 11.5 Å². The van der Waals surface area contributed by atoms with E-state index in [9.17, 15) is 24.6 Å². The van der Waals surface area contributed by atoms with E-state index in [0.717, 1.165) is 4.90 Å². The predicted octanol–water partition coefficient (Wildman–Crippen LogP) is 3.89. The number of benzene rings is 3. The quantitative estimate of drug-likeness (QED) is 0.203. The summed E-state index contributed by atoms with van der Waals surface area (Å²) in [4.78, 5) is 59.4. The average molecular weight is 624 g/mol. The Morgan fingerprint density at radius 3 is 2.13 bits per heavy atom. The maximum atomic E-state index is 15.3. The number of aliphatic hydroxyl groups excluding tert-OH is 1. The zero-order valence-electron chi connectivity index (χ0n) is 25.8. The van der Waals surface area contributed by atoms with Gasteiger partial charge in [-0.25, -0.2) is 0 Å². The molecule has 46 heavy (non-hydrogen) atoms. The van der Waals surface area contributed by atoms with Crippen molar-refractivity contribution in [2.75, 3.05) is 18.1 Å². The Hall–Kier alpha value is -5.58. The number of aliphatic hydroxyl groups is 1. The summed E-state index contributed by atoms with van der Waals surface area (Å²) in [6.07, 6.45) is 0.286. The number of phenolic OH excluding ortho intramolecular Hbond substituents is 1. The van der Waals surface area contributed by atoms with Gasteiger partial charge in [0.2, 0.25) is 5.91 Å². The molecular weight excluding hydrogens is 590 g/mol. The van der Waals surface area contributed by atoms with E-state index in [1.165, 1.54) is 41.3 Å². The molecule has 3 aliphatic rings. The Kier molecular flexibility index (Phi) is 7.14. The number of nitrogens with two attached hydrogens (primary N) is 1. The second kappa shape index (κ2) is 10.8. The SMILES string of the molecule is CCOc1cc2c(cc1OCC)C1=C(C(N)=O)C3(C(=O)N1C(C)(C)C2)/C(=C(\O)c1ccccc1)C(=O)C(=O)N3c1ccccc1O. The topological polar surface area (TPSA) is 160 Å². The summed E-state index contributed by atoms with van der Waals surface area (Å²) in [7, 11) is 0. The van der Waals surface area contributed by atoms with E-state index in [1.807, 2.05) is 6.92 Å². The summed E-state index contributed by atoms with van der Waals surface area (Å²) in [5.41, 5.74) is 2.60. The molecule has 0 saturated carbocycles. The number of rotatable bonds is 7. The summed E-state index contributed by atoms with van der Waals surface area (Å²) in [5, 5.41) is 22.8. The normalized spacial score (nSPS) is 21.1. The molecule has 4 N–H and O–H groups in total. The minimum absolute atomic E-state index is 0.0639. The number of carbonyl (C=O) groups excluding carboxylic acids is 4. The molecule has 0 aromatic heterocycles. The van der Waals surface area contributed by atoms with E-state index in [-0.39, 0.29) is 23.4 Å². The summed E-state index contributed by atoms with van der Waals surface area (Å²) in [5.74, 6) is -4.72. The number of hydrogen-bond acceptors (Lipinski definition) is 8. The molecule has 11 nitrogen and oxygen atoms in total. The number of fused-ring (bicyclic) bond motifs is 3. The second-order valence-corrected chi connectivity index (χ2v) is 11.8. The molecule has 3 aromatic rings. The van der Waals surface area contributed by atoms with Gasteiger partial charge in [-0.1, -0.05) is 42.5 Å². The van der Waals surface area contributed by atoms with Crippen LogP contribution in [0.15, 0.2) is 77.9 Å². The van der Waals surface area contributed by atoms with E-state index in [1.54, 1.807) is 51.1 Å². The van der Waals surface area contributed by atoms with E-state index >= 15 is 4.79 Å². The number of carbonyl (C=O) groups is 4. The molecular formula is C35H33N3O8. The molecule has 1 atom stereocenters. The van der Waals surface area contributed by atoms with Gasteiger partial charge in [0.25, 0.3) is 11.7 Å². The van der Waals surface area contributed by atoms with Gasteiger partial charge in [0.05, 0.1) is 35.7 Å². The van der Waals surface area contributed by atoms with Crippen LogP contribution in [0.5, 0.6) is 17.2 Å². The first-order chi connectivity index (χ1) is 21.9. The third-order valence-electron chi connectivity index (χ3n) is 8.56. The molecule has 0 radical (unpaired) electrons. The molecule has 3 heterocycles. The molecule has 1 fully saturated rings. The number of para-hydroxylation sites is 2. The van der Waals surface area contributed by atoms with E-state index in [2.05, 4.69) is 0 Å². The molecule has 3 amide bonds. The zero-order chi connectivity index (χ0) is 33.1. The molecule has 0 aliphatic carbocycles. The molecule has 1 spiro atoms. The van der Waals surface area contributed by atoms with Crippen molar-refractivity contribution in [1.29, 1.82) is 0 Å². The van der Waals surface area contributed by atoms with Gasteiger partial charge < -0.3 is 30.3 Å². The van der Waals surface area contributed by atoms with Crippen molar-refractivity contribution in [3.63, 3.8) is 0 Å². The van der Waals surface area contributed by atoms with Crippen molar-refractivity contribution < 1.29 is 38.9 Å². The summed E-state index contributed by atoms with van der Waals surface area (Å²) in [6.45, 7) is 7.86. The van der Waals surface area contributed by atoms with Gasteiger partial charge >= 0.3 is 5.91 Å². The first kappa shape index (κ1) is 30.4. The van der Waals surface area contributed by atoms with Gasteiger partial charge in [0.1, 0.15) is 11.5 Å². The number of phenols is 1. The van der Waals surface area contributed by atoms with Crippen molar-refractivity contribution in [2.45, 2.75) is 45.2 Å². The highest BCUT2D eigenvalue weighted by atomic mass is 16.5. The average Bonchev–Trinajstić information content (AvgIpc) is 3.42. The van der Waals surface area contributed by atoms with Crippen LogP contribution in [0.1, 0.15) is 44.4 Å². The first-order valence-electron chi connectivity index (χ1n) is 14.9. The monoisotopic (exact) mass is 623 g/mol. The molecule has 1 saturated heterocycles. The number of aromatic hydroxyl groups is 1. The molecule has 6 rings (SSSR count). The summed E-state index contributed by atoms with van der Waals surface area (Å²) in [6, 6.07) is 17.0. The predicted molar refractivity (Wildman–Crippen MR) is 169 cm³/mol. The number of anilines is 1. The largest absolute Gasteiger partial charge is 0.507 e. The maximum Gasteiger partial charge on any atom is 0.300 e. The van der Waals surface area contributed by atoms with Crippen LogP contribution < -0.4 is 20.1 Å². The fourth-order valence-electron chi connectivity index (χ4n) is 6.87. The third-order valence-corrected chi connectivity index (χ3v) is 8.56. The van der Waals surface area contributed by atoms with Crippen molar-refractivity contribution in [1.82, 2.24) is 4.90 Å². The fourth-order valence-corrected chi connectivity index (χ4v) is 6.87. The van der Waals surface area contributed by atoms with Crippen molar-refractivity contribution in [3.05, 3.63) is 94.6 Å². The molecule has 3 aromatic carbocycles. The van der Waals surface area contributed by atoms with E-state index in [4.69, 9.17) is 15.2 Å². The van der Waals surface area contributed by atoms with E-state index < -0.39 is 57.2 Å². The van der Waals surface area contributed by atoms with E-state index in [0.29, 0.717) is 35.8 Å². The van der Waals surface area contributed by atoms with Crippen LogP contribution in [0.3, 0.4) is 0 Å². The Labute approximate surface area is 265 Å². The van der Waals surface area contributed by atoms with Crippen molar-refractivity contribution in [2.24, 2.45) is 5.73 Å². The van der Waals surface area contributed by atoms with Gasteiger partial charge in [-0.05, 0) is 63.9 Å². The lowest BCUT2D eigenvalue weighted by Gasteiger charge is -2.44. The number of amides is 3. The van der Waals surface area contributed by atoms with Crippen LogP contribution in [-0.2, 0) is 25.6 Å². The minimum Gasteiger partial charge on any atom is -0.507 e. The van der Waals surface area contributed by atoms with Gasteiger partial charge in [-0.3, -0.25) is 24.1 Å². The highest BCUT2D eigenvalue weighted by Gasteiger charge is 2.72.